The minimum absolute atomic E-state index is 0.0518. The van der Waals surface area contributed by atoms with Crippen LogP contribution in [0.1, 0.15) is 16.8 Å². The van der Waals surface area contributed by atoms with Gasteiger partial charge in [-0.1, -0.05) is 0 Å². The Morgan fingerprint density at radius 2 is 1.91 bits per heavy atom. The van der Waals surface area contributed by atoms with Crippen LogP contribution < -0.4 is 19.3 Å². The second-order valence-electron chi connectivity index (χ2n) is 6.04. The number of rotatable bonds is 11. The molecule has 11 nitrogen and oxygen atoms in total. The molecule has 2 rings (SSSR count). The molecule has 170 valence electrons. The van der Waals surface area contributed by atoms with Gasteiger partial charge in [-0.3, -0.25) is 0 Å². The van der Waals surface area contributed by atoms with E-state index in [9.17, 15) is 29.6 Å². The minimum atomic E-state index is -1.28. The number of aliphatic carboxylic acids is 2. The average Bonchev–Trinajstić information content (AvgIpc) is 2.75. The van der Waals surface area contributed by atoms with Gasteiger partial charge in [-0.2, -0.15) is 0 Å². The number of methoxy groups -OCH3 is 2. The number of ether oxygens (including phenoxy) is 2. The second kappa shape index (κ2) is 11.4. The van der Waals surface area contributed by atoms with Crippen LogP contribution in [0.3, 0.4) is 0 Å². The molecule has 0 aromatic heterocycles. The summed E-state index contributed by atoms with van der Waals surface area (Å²) in [4.78, 5) is 46.0. The molecule has 0 fully saturated rings. The fourth-order valence-corrected chi connectivity index (χ4v) is 7.15. The zero-order chi connectivity index (χ0) is 23.8. The van der Waals surface area contributed by atoms with Crippen molar-refractivity contribution in [2.75, 3.05) is 19.5 Å². The summed E-state index contributed by atoms with van der Waals surface area (Å²) in [5.41, 5.74) is -0.292. The summed E-state index contributed by atoms with van der Waals surface area (Å²) >= 11 is -0.719. The summed E-state index contributed by atoms with van der Waals surface area (Å²) in [6, 6.07) is 8.56. The maximum atomic E-state index is 13.0. The molecule has 0 aliphatic rings. The summed E-state index contributed by atoms with van der Waals surface area (Å²) in [5, 5.41) is 30.8. The Kier molecular flexibility index (Phi) is 8.88. The number of nitro benzene ring substituents is 1. The van der Waals surface area contributed by atoms with Crippen molar-refractivity contribution in [1.82, 2.24) is 0 Å². The number of nitrogens with zero attached hydrogens (tertiary/aromatic N) is 1. The summed E-state index contributed by atoms with van der Waals surface area (Å²) in [6.07, 6.45) is -0.587. The van der Waals surface area contributed by atoms with Crippen molar-refractivity contribution >= 4 is 57.7 Å². The van der Waals surface area contributed by atoms with Crippen molar-refractivity contribution < 1.29 is 39.0 Å². The molecule has 1 amide bonds. The molecule has 32 heavy (non-hydrogen) atoms. The van der Waals surface area contributed by atoms with Crippen LogP contribution in [0, 0.1) is 10.1 Å². The molecule has 0 spiro atoms. The predicted octanol–water partition coefficient (Wildman–Crippen LogP) is 1.77. The first kappa shape index (κ1) is 25.0. The number of carbonyl (C=O) groups excluding carboxylic acids is 1. The van der Waals surface area contributed by atoms with Crippen molar-refractivity contribution in [3.63, 3.8) is 0 Å². The number of nitrogens with one attached hydrogen (secondary N) is 1. The van der Waals surface area contributed by atoms with Gasteiger partial charge in [0.2, 0.25) is 0 Å². The molecule has 0 heterocycles. The molecule has 2 aromatic carbocycles. The molecule has 2 aromatic rings. The van der Waals surface area contributed by atoms with Gasteiger partial charge in [0.15, 0.2) is 0 Å². The number of benzene rings is 2. The molecular weight excluding hydrogens is 511 g/mol. The van der Waals surface area contributed by atoms with Crippen LogP contribution in [-0.4, -0.2) is 66.3 Å². The number of carboxylic acid groups (broad SMARTS) is 2. The van der Waals surface area contributed by atoms with E-state index in [1.54, 1.807) is 12.1 Å². The van der Waals surface area contributed by atoms with Crippen molar-refractivity contribution in [2.24, 2.45) is 0 Å². The van der Waals surface area contributed by atoms with Crippen LogP contribution in [0.15, 0.2) is 36.4 Å². The van der Waals surface area contributed by atoms with E-state index < -0.39 is 48.3 Å². The van der Waals surface area contributed by atoms with Crippen molar-refractivity contribution in [1.29, 1.82) is 0 Å². The number of carbonyl (C=O) groups is 3. The fraction of sp³-hybridized carbons (Fsp3) is 0.211. The van der Waals surface area contributed by atoms with Crippen LogP contribution in [-0.2, 0) is 9.59 Å². The molecule has 13 heteroatoms. The van der Waals surface area contributed by atoms with Crippen LogP contribution in [0.4, 0.5) is 11.4 Å². The van der Waals surface area contributed by atoms with Crippen LogP contribution in [0.2, 0.25) is 0 Å². The number of anilines is 1. The number of carboxylic acids is 2. The van der Waals surface area contributed by atoms with Gasteiger partial charge >= 0.3 is 191 Å². The van der Waals surface area contributed by atoms with Gasteiger partial charge in [0.05, 0.1) is 0 Å². The van der Waals surface area contributed by atoms with Crippen molar-refractivity contribution in [2.45, 2.75) is 11.7 Å². The number of hydrogen-bond acceptors (Lipinski definition) is 8. The van der Waals surface area contributed by atoms with Gasteiger partial charge in [0, 0.05) is 0 Å². The third-order valence-corrected chi connectivity index (χ3v) is 8.84. The Labute approximate surface area is 191 Å². The Balaban J connectivity index is 2.36. The normalized spacial score (nSPS) is 11.3. The second-order valence-corrected chi connectivity index (χ2v) is 10.1. The number of hydrogen-bond donors (Lipinski definition) is 3. The molecule has 0 saturated carbocycles. The zero-order valence-electron chi connectivity index (χ0n) is 16.8. The molecule has 0 radical (unpaired) electrons. The molecule has 1 atom stereocenters. The SMILES string of the molecule is COc1ccc(NC(=O)c2cccc(OC)c2[Se]SC(CC(=O)O)C(=O)O)c([N+](=O)[O-])c1. The quantitative estimate of drug-likeness (QED) is 0.222. The summed E-state index contributed by atoms with van der Waals surface area (Å²) in [7, 11) is 3.62. The predicted molar refractivity (Wildman–Crippen MR) is 117 cm³/mol. The van der Waals surface area contributed by atoms with Crippen LogP contribution in [0.5, 0.6) is 11.5 Å². The Bertz CT molecular complexity index is 1050. The zero-order valence-corrected chi connectivity index (χ0v) is 19.3. The Hall–Kier alpha value is -3.28. The summed E-state index contributed by atoms with van der Waals surface area (Å²) < 4.78 is 10.6. The van der Waals surface area contributed by atoms with E-state index >= 15 is 0 Å². The van der Waals surface area contributed by atoms with Crippen LogP contribution in [0.25, 0.3) is 0 Å². The molecule has 1 unspecified atom stereocenters. The molecule has 0 aliphatic carbocycles. The molecule has 3 N–H and O–H groups in total. The molecular formula is C19H18N2O9SSe. The van der Waals surface area contributed by atoms with Gasteiger partial charge in [-0.25, -0.2) is 0 Å². The molecule has 0 bridgehead atoms. The van der Waals surface area contributed by atoms with Gasteiger partial charge in [-0.15, -0.1) is 0 Å². The Morgan fingerprint density at radius 1 is 1.19 bits per heavy atom. The average molecular weight is 529 g/mol. The van der Waals surface area contributed by atoms with Gasteiger partial charge in [0.25, 0.3) is 0 Å². The van der Waals surface area contributed by atoms with E-state index in [1.165, 1.54) is 38.5 Å². The first-order valence-electron chi connectivity index (χ1n) is 8.76. The van der Waals surface area contributed by atoms with Gasteiger partial charge in [0.1, 0.15) is 0 Å². The van der Waals surface area contributed by atoms with Crippen molar-refractivity contribution in [3.05, 3.63) is 52.1 Å². The van der Waals surface area contributed by atoms with E-state index in [0.29, 0.717) is 10.2 Å². The first-order chi connectivity index (χ1) is 15.2. The summed E-state index contributed by atoms with van der Waals surface area (Å²) in [5.74, 6) is -2.65. The number of nitro groups is 1. The summed E-state index contributed by atoms with van der Waals surface area (Å²) in [6.45, 7) is 0. The third kappa shape index (κ3) is 6.36. The Morgan fingerprint density at radius 3 is 2.47 bits per heavy atom. The van der Waals surface area contributed by atoms with E-state index in [1.807, 2.05) is 0 Å². The van der Waals surface area contributed by atoms with Gasteiger partial charge < -0.3 is 0 Å². The molecule has 0 saturated heterocycles. The third-order valence-electron chi connectivity index (χ3n) is 3.98. The van der Waals surface area contributed by atoms with E-state index in [2.05, 4.69) is 5.32 Å². The van der Waals surface area contributed by atoms with Gasteiger partial charge in [-0.05, 0) is 0 Å². The monoisotopic (exact) mass is 530 g/mol. The van der Waals surface area contributed by atoms with E-state index in [4.69, 9.17) is 14.6 Å². The standard InChI is InChI=1S/C19H18N2O9SSe/c1-29-10-6-7-12(13(8-10)21(27)28)20-18(24)11-4-3-5-14(30-2)17(11)32-31-15(19(25)26)9-16(22)23/h3-8,15H,9H2,1-2H3,(H,20,24)(H,22,23)(H,25,26). The first-order valence-corrected chi connectivity index (χ1v) is 12.5. The topological polar surface area (TPSA) is 165 Å². The van der Waals surface area contributed by atoms with E-state index in [0.717, 1.165) is 10.2 Å². The fourth-order valence-electron chi connectivity index (χ4n) is 2.45. The number of amides is 1. The molecule has 0 aliphatic heterocycles. The maximum absolute atomic E-state index is 13.0. The van der Waals surface area contributed by atoms with Crippen molar-refractivity contribution in [3.8, 4) is 11.5 Å². The van der Waals surface area contributed by atoms with E-state index in [-0.39, 0.29) is 22.7 Å². The van der Waals surface area contributed by atoms with Crippen LogP contribution >= 0.6 is 10.2 Å².